The van der Waals surface area contributed by atoms with E-state index in [1.54, 1.807) is 6.92 Å². The van der Waals surface area contributed by atoms with Gasteiger partial charge in [0, 0.05) is 10.7 Å². The highest BCUT2D eigenvalue weighted by molar-refractivity contribution is 9.10. The van der Waals surface area contributed by atoms with Crippen LogP contribution in [0, 0.1) is 6.92 Å². The van der Waals surface area contributed by atoms with Gasteiger partial charge in [-0.3, -0.25) is 0 Å². The fraction of sp³-hybridized carbons (Fsp3) is 0.100. The van der Waals surface area contributed by atoms with Gasteiger partial charge in [0.1, 0.15) is 0 Å². The summed E-state index contributed by atoms with van der Waals surface area (Å²) in [6.07, 6.45) is 1.34. The van der Waals surface area contributed by atoms with Gasteiger partial charge in [-0.2, -0.15) is 0 Å². The summed E-state index contributed by atoms with van der Waals surface area (Å²) < 4.78 is 0.917. The second kappa shape index (κ2) is 4.31. The molecule has 2 aromatic heterocycles. The van der Waals surface area contributed by atoms with Crippen LogP contribution in [0.4, 0.5) is 0 Å². The van der Waals surface area contributed by atoms with Crippen LogP contribution in [0.2, 0.25) is 0 Å². The Labute approximate surface area is 104 Å². The monoisotopic (exact) mass is 298 g/mol. The van der Waals surface area contributed by atoms with E-state index in [9.17, 15) is 4.79 Å². The van der Waals surface area contributed by atoms with Gasteiger partial charge >= 0.3 is 5.97 Å². The van der Waals surface area contributed by atoms with Gasteiger partial charge in [-0.15, -0.1) is 11.3 Å². The van der Waals surface area contributed by atoms with Gasteiger partial charge in [-0.05, 0) is 34.3 Å². The molecule has 6 heteroatoms. The molecule has 0 radical (unpaired) electrons. The Bertz CT molecular complexity index is 554. The molecular weight excluding hydrogens is 292 g/mol. The molecular formula is C10H7BrN2O2S. The van der Waals surface area contributed by atoms with E-state index in [-0.39, 0.29) is 5.56 Å². The number of carboxylic acid groups (broad SMARTS) is 1. The molecule has 0 aliphatic carbocycles. The number of halogens is 1. The molecule has 16 heavy (non-hydrogen) atoms. The molecule has 0 bridgehead atoms. The van der Waals surface area contributed by atoms with Crippen molar-refractivity contribution in [1.29, 1.82) is 0 Å². The number of hydrogen-bond acceptors (Lipinski definition) is 4. The minimum Gasteiger partial charge on any atom is -0.478 e. The largest absolute Gasteiger partial charge is 0.478 e. The lowest BCUT2D eigenvalue weighted by atomic mass is 10.2. The third-order valence-corrected chi connectivity index (χ3v) is 3.86. The van der Waals surface area contributed by atoms with Crippen molar-refractivity contribution < 1.29 is 9.90 Å². The highest BCUT2D eigenvalue weighted by Gasteiger charge is 2.13. The first-order valence-corrected chi connectivity index (χ1v) is 6.07. The standard InChI is InChI=1S/C10H7BrN2O2S/c1-5-6(10(14)15)4-12-9(13-5)8-7(11)2-3-16-8/h2-4H,1H3,(H,14,15). The predicted octanol–water partition coefficient (Wildman–Crippen LogP) is 2.97. The minimum atomic E-state index is -1.01. The van der Waals surface area contributed by atoms with Crippen LogP contribution in [0.15, 0.2) is 22.1 Å². The van der Waals surface area contributed by atoms with Gasteiger partial charge in [-0.25, -0.2) is 14.8 Å². The molecule has 2 heterocycles. The maximum atomic E-state index is 10.8. The SMILES string of the molecule is Cc1nc(-c2sccc2Br)ncc1C(=O)O. The van der Waals surface area contributed by atoms with E-state index < -0.39 is 5.97 Å². The smallest absolute Gasteiger partial charge is 0.339 e. The lowest BCUT2D eigenvalue weighted by Crippen LogP contribution is -2.03. The maximum absolute atomic E-state index is 10.8. The summed E-state index contributed by atoms with van der Waals surface area (Å²) in [5, 5.41) is 10.8. The fourth-order valence-electron chi connectivity index (χ4n) is 1.24. The van der Waals surface area contributed by atoms with Gasteiger partial charge in [0.15, 0.2) is 5.82 Å². The predicted molar refractivity (Wildman–Crippen MR) is 64.7 cm³/mol. The summed E-state index contributed by atoms with van der Waals surface area (Å²) in [6.45, 7) is 1.66. The zero-order valence-electron chi connectivity index (χ0n) is 8.27. The van der Waals surface area contributed by atoms with E-state index in [0.717, 1.165) is 9.35 Å². The molecule has 0 aromatic carbocycles. The van der Waals surface area contributed by atoms with E-state index in [4.69, 9.17) is 5.11 Å². The fourth-order valence-corrected chi connectivity index (χ4v) is 2.73. The van der Waals surface area contributed by atoms with Crippen LogP contribution in [-0.4, -0.2) is 21.0 Å². The third-order valence-electron chi connectivity index (χ3n) is 2.03. The molecule has 0 fully saturated rings. The van der Waals surface area contributed by atoms with Crippen molar-refractivity contribution in [2.45, 2.75) is 6.92 Å². The number of thiophene rings is 1. The van der Waals surface area contributed by atoms with Gasteiger partial charge < -0.3 is 5.11 Å². The Hall–Kier alpha value is -1.27. The van der Waals surface area contributed by atoms with Crippen molar-refractivity contribution >= 4 is 33.2 Å². The molecule has 0 aliphatic heterocycles. The van der Waals surface area contributed by atoms with Crippen molar-refractivity contribution in [1.82, 2.24) is 9.97 Å². The van der Waals surface area contributed by atoms with Crippen LogP contribution < -0.4 is 0 Å². The lowest BCUT2D eigenvalue weighted by molar-refractivity contribution is 0.0695. The number of aromatic carboxylic acids is 1. The van der Waals surface area contributed by atoms with Crippen LogP contribution in [0.25, 0.3) is 10.7 Å². The van der Waals surface area contributed by atoms with Gasteiger partial charge in [-0.1, -0.05) is 0 Å². The number of rotatable bonds is 2. The molecule has 0 atom stereocenters. The maximum Gasteiger partial charge on any atom is 0.339 e. The molecule has 0 spiro atoms. The Morgan fingerprint density at radius 3 is 2.81 bits per heavy atom. The average molecular weight is 299 g/mol. The van der Waals surface area contributed by atoms with Crippen molar-refractivity contribution in [3.05, 3.63) is 33.4 Å². The third kappa shape index (κ3) is 1.98. The van der Waals surface area contributed by atoms with E-state index in [1.807, 2.05) is 11.4 Å². The number of carboxylic acids is 1. The number of aryl methyl sites for hydroxylation is 1. The first kappa shape index (κ1) is 11.2. The van der Waals surface area contributed by atoms with Gasteiger partial charge in [0.2, 0.25) is 0 Å². The zero-order valence-corrected chi connectivity index (χ0v) is 10.7. The van der Waals surface area contributed by atoms with Crippen LogP contribution in [0.1, 0.15) is 16.1 Å². The quantitative estimate of drug-likeness (QED) is 0.926. The number of carbonyl (C=O) groups is 1. The minimum absolute atomic E-state index is 0.136. The molecule has 0 saturated carbocycles. The normalized spacial score (nSPS) is 10.4. The van der Waals surface area contributed by atoms with Crippen molar-refractivity contribution in [2.75, 3.05) is 0 Å². The molecule has 0 aliphatic rings. The van der Waals surface area contributed by atoms with Crippen molar-refractivity contribution in [3.63, 3.8) is 0 Å². The highest BCUT2D eigenvalue weighted by atomic mass is 79.9. The molecule has 0 unspecified atom stereocenters. The number of hydrogen-bond donors (Lipinski definition) is 1. The highest BCUT2D eigenvalue weighted by Crippen LogP contribution is 2.31. The summed E-state index contributed by atoms with van der Waals surface area (Å²) in [6, 6.07) is 1.91. The Morgan fingerprint density at radius 2 is 2.31 bits per heavy atom. The van der Waals surface area contributed by atoms with Crippen LogP contribution in [-0.2, 0) is 0 Å². The zero-order chi connectivity index (χ0) is 11.7. The first-order valence-electron chi connectivity index (χ1n) is 4.40. The van der Waals surface area contributed by atoms with Crippen LogP contribution in [0.5, 0.6) is 0 Å². The second-order valence-corrected chi connectivity index (χ2v) is 4.87. The van der Waals surface area contributed by atoms with Crippen molar-refractivity contribution in [2.24, 2.45) is 0 Å². The van der Waals surface area contributed by atoms with Crippen LogP contribution >= 0.6 is 27.3 Å². The van der Waals surface area contributed by atoms with Gasteiger partial charge in [0.25, 0.3) is 0 Å². The van der Waals surface area contributed by atoms with E-state index in [1.165, 1.54) is 17.5 Å². The molecule has 0 saturated heterocycles. The summed E-state index contributed by atoms with van der Waals surface area (Å²) in [5.41, 5.74) is 0.606. The second-order valence-electron chi connectivity index (χ2n) is 3.10. The number of aromatic nitrogens is 2. The van der Waals surface area contributed by atoms with E-state index >= 15 is 0 Å². The van der Waals surface area contributed by atoms with E-state index in [2.05, 4.69) is 25.9 Å². The van der Waals surface area contributed by atoms with Gasteiger partial charge in [0.05, 0.1) is 16.1 Å². The van der Waals surface area contributed by atoms with E-state index in [0.29, 0.717) is 11.5 Å². The summed E-state index contributed by atoms with van der Waals surface area (Å²) in [5.74, 6) is -0.460. The van der Waals surface area contributed by atoms with Crippen molar-refractivity contribution in [3.8, 4) is 10.7 Å². The Kier molecular flexibility index (Phi) is 3.02. The topological polar surface area (TPSA) is 63.1 Å². The molecule has 4 nitrogen and oxygen atoms in total. The summed E-state index contributed by atoms with van der Waals surface area (Å²) in [4.78, 5) is 19.9. The molecule has 2 aromatic rings. The summed E-state index contributed by atoms with van der Waals surface area (Å²) in [7, 11) is 0. The molecule has 0 amide bonds. The summed E-state index contributed by atoms with van der Waals surface area (Å²) >= 11 is 4.90. The number of nitrogens with zero attached hydrogens (tertiary/aromatic N) is 2. The average Bonchev–Trinajstić information content (AvgIpc) is 2.63. The molecule has 2 rings (SSSR count). The lowest BCUT2D eigenvalue weighted by Gasteiger charge is -2.02. The van der Waals surface area contributed by atoms with Crippen LogP contribution in [0.3, 0.4) is 0 Å². The Balaban J connectivity index is 2.50. The first-order chi connectivity index (χ1) is 7.59. The molecule has 82 valence electrons. The molecule has 1 N–H and O–H groups in total. The Morgan fingerprint density at radius 1 is 1.56 bits per heavy atom.